The maximum atomic E-state index is 12.6. The van der Waals surface area contributed by atoms with Gasteiger partial charge in [0.15, 0.2) is 0 Å². The number of rotatable bonds is 3. The zero-order chi connectivity index (χ0) is 16.5. The molecule has 2 atom stereocenters. The van der Waals surface area contributed by atoms with Crippen LogP contribution in [-0.2, 0) is 15.8 Å². The van der Waals surface area contributed by atoms with Crippen LogP contribution in [0.1, 0.15) is 23.4 Å². The first-order valence-corrected chi connectivity index (χ1v) is 7.62. The van der Waals surface area contributed by atoms with Crippen molar-refractivity contribution in [3.63, 3.8) is 0 Å². The lowest BCUT2D eigenvalue weighted by atomic mass is 10.1. The van der Waals surface area contributed by atoms with Crippen LogP contribution in [0, 0.1) is 0 Å². The van der Waals surface area contributed by atoms with Gasteiger partial charge in [-0.3, -0.25) is 9.59 Å². The van der Waals surface area contributed by atoms with Crippen molar-refractivity contribution in [1.82, 2.24) is 10.2 Å². The standard InChI is InChI=1S/C14H15F3N2O2S/c1-8(12(21)18-2)19-11(20)7-22-13(19)9-3-5-10(6-4-9)14(15,16)17/h3-6,8,13H,7H2,1-2H3,(H,18,21)/t8-,13-/m1/s1. The molecule has 0 saturated carbocycles. The summed E-state index contributed by atoms with van der Waals surface area (Å²) in [5, 5.41) is 2.02. The molecule has 1 fully saturated rings. The molecule has 1 aromatic rings. The van der Waals surface area contributed by atoms with E-state index in [9.17, 15) is 22.8 Å². The number of benzene rings is 1. The van der Waals surface area contributed by atoms with Gasteiger partial charge < -0.3 is 10.2 Å². The van der Waals surface area contributed by atoms with Crippen molar-refractivity contribution in [1.29, 1.82) is 0 Å². The van der Waals surface area contributed by atoms with Crippen molar-refractivity contribution < 1.29 is 22.8 Å². The highest BCUT2D eigenvalue weighted by Gasteiger charge is 2.39. The van der Waals surface area contributed by atoms with E-state index >= 15 is 0 Å². The summed E-state index contributed by atoms with van der Waals surface area (Å²) in [6.45, 7) is 1.60. The van der Waals surface area contributed by atoms with Crippen molar-refractivity contribution in [2.24, 2.45) is 0 Å². The summed E-state index contributed by atoms with van der Waals surface area (Å²) in [6, 6.07) is 3.99. The Balaban J connectivity index is 2.27. The highest BCUT2D eigenvalue weighted by atomic mass is 32.2. The first kappa shape index (κ1) is 16.7. The Kier molecular flexibility index (Phi) is 4.69. The Morgan fingerprint density at radius 2 is 1.95 bits per heavy atom. The largest absolute Gasteiger partial charge is 0.416 e. The predicted molar refractivity (Wildman–Crippen MR) is 77.0 cm³/mol. The van der Waals surface area contributed by atoms with E-state index in [2.05, 4.69) is 5.32 Å². The van der Waals surface area contributed by atoms with E-state index in [1.807, 2.05) is 0 Å². The van der Waals surface area contributed by atoms with Gasteiger partial charge in [-0.1, -0.05) is 12.1 Å². The highest BCUT2D eigenvalue weighted by molar-refractivity contribution is 8.00. The smallest absolute Gasteiger partial charge is 0.357 e. The first-order chi connectivity index (χ1) is 10.3. The van der Waals surface area contributed by atoms with Crippen LogP contribution in [-0.4, -0.2) is 35.6 Å². The monoisotopic (exact) mass is 332 g/mol. The van der Waals surface area contributed by atoms with Gasteiger partial charge in [-0.25, -0.2) is 0 Å². The van der Waals surface area contributed by atoms with Gasteiger partial charge in [0.2, 0.25) is 11.8 Å². The van der Waals surface area contributed by atoms with Gasteiger partial charge in [-0.2, -0.15) is 13.2 Å². The lowest BCUT2D eigenvalue weighted by Gasteiger charge is -2.29. The molecule has 1 aromatic carbocycles. The average molecular weight is 332 g/mol. The second-order valence-corrected chi connectivity index (χ2v) is 5.94. The molecule has 0 aromatic heterocycles. The van der Waals surface area contributed by atoms with E-state index in [0.717, 1.165) is 12.1 Å². The average Bonchev–Trinajstić information content (AvgIpc) is 2.86. The van der Waals surface area contributed by atoms with Crippen LogP contribution >= 0.6 is 11.8 Å². The number of amides is 2. The van der Waals surface area contributed by atoms with Crippen LogP contribution in [0.25, 0.3) is 0 Å². The minimum absolute atomic E-state index is 0.201. The number of carbonyl (C=O) groups excluding carboxylic acids is 2. The molecule has 1 saturated heterocycles. The summed E-state index contributed by atoms with van der Waals surface area (Å²) < 4.78 is 37.8. The topological polar surface area (TPSA) is 49.4 Å². The molecule has 0 unspecified atom stereocenters. The van der Waals surface area contributed by atoms with E-state index in [1.165, 1.54) is 35.8 Å². The van der Waals surface area contributed by atoms with Gasteiger partial charge in [0.1, 0.15) is 11.4 Å². The third-order valence-electron chi connectivity index (χ3n) is 3.47. The first-order valence-electron chi connectivity index (χ1n) is 6.57. The molecule has 1 aliphatic heterocycles. The van der Waals surface area contributed by atoms with Crippen molar-refractivity contribution in [2.45, 2.75) is 24.5 Å². The van der Waals surface area contributed by atoms with Crippen LogP contribution in [0.2, 0.25) is 0 Å². The molecule has 1 N–H and O–H groups in total. The molecule has 1 heterocycles. The van der Waals surface area contributed by atoms with Crippen molar-refractivity contribution in [3.05, 3.63) is 35.4 Å². The molecule has 120 valence electrons. The van der Waals surface area contributed by atoms with Crippen LogP contribution in [0.4, 0.5) is 13.2 Å². The molecule has 8 heteroatoms. The molecule has 22 heavy (non-hydrogen) atoms. The number of hydrogen-bond donors (Lipinski definition) is 1. The molecule has 0 radical (unpaired) electrons. The Morgan fingerprint density at radius 3 is 2.45 bits per heavy atom. The minimum atomic E-state index is -4.40. The molecule has 1 aliphatic rings. The maximum Gasteiger partial charge on any atom is 0.416 e. The summed E-state index contributed by atoms with van der Waals surface area (Å²) in [5.41, 5.74) is -0.170. The Labute approximate surface area is 130 Å². The zero-order valence-electron chi connectivity index (χ0n) is 12.0. The normalized spacial score (nSPS) is 20.1. The number of hydrogen-bond acceptors (Lipinski definition) is 3. The third kappa shape index (κ3) is 3.21. The molecule has 0 spiro atoms. The lowest BCUT2D eigenvalue weighted by Crippen LogP contribution is -2.45. The van der Waals surface area contributed by atoms with E-state index in [1.54, 1.807) is 6.92 Å². The number of halogens is 3. The number of alkyl halides is 3. The predicted octanol–water partition coefficient (Wildman–Crippen LogP) is 2.41. The van der Waals surface area contributed by atoms with Crippen LogP contribution in [0.3, 0.4) is 0 Å². The third-order valence-corrected chi connectivity index (χ3v) is 4.70. The Bertz CT molecular complexity index is 574. The molecule has 2 rings (SSSR count). The van der Waals surface area contributed by atoms with Gasteiger partial charge in [0.05, 0.1) is 11.3 Å². The van der Waals surface area contributed by atoms with Crippen molar-refractivity contribution in [3.8, 4) is 0 Å². The minimum Gasteiger partial charge on any atom is -0.357 e. The molecule has 0 aliphatic carbocycles. The number of nitrogens with one attached hydrogen (secondary N) is 1. The molecule has 2 amide bonds. The summed E-state index contributed by atoms with van der Waals surface area (Å²) in [5.74, 6) is -0.314. The molecular formula is C14H15F3N2O2S. The van der Waals surface area contributed by atoms with E-state index in [4.69, 9.17) is 0 Å². The molecular weight excluding hydrogens is 317 g/mol. The van der Waals surface area contributed by atoms with Crippen LogP contribution < -0.4 is 5.32 Å². The van der Waals surface area contributed by atoms with E-state index in [-0.39, 0.29) is 17.6 Å². The summed E-state index contributed by atoms with van der Waals surface area (Å²) in [7, 11) is 1.47. The Hall–Kier alpha value is -1.70. The fourth-order valence-electron chi connectivity index (χ4n) is 2.28. The second kappa shape index (κ2) is 6.20. The second-order valence-electron chi connectivity index (χ2n) is 4.87. The van der Waals surface area contributed by atoms with Gasteiger partial charge in [0, 0.05) is 7.05 Å². The van der Waals surface area contributed by atoms with Gasteiger partial charge in [0.25, 0.3) is 0 Å². The summed E-state index contributed by atoms with van der Waals surface area (Å²) >= 11 is 1.30. The highest BCUT2D eigenvalue weighted by Crippen LogP contribution is 2.40. The zero-order valence-corrected chi connectivity index (χ0v) is 12.8. The molecule has 0 bridgehead atoms. The SMILES string of the molecule is CNC(=O)[C@@H](C)N1C(=O)CS[C@@H]1c1ccc(C(F)(F)F)cc1. The number of nitrogens with zero attached hydrogens (tertiary/aromatic N) is 1. The summed E-state index contributed by atoms with van der Waals surface area (Å²) in [4.78, 5) is 25.1. The number of carbonyl (C=O) groups is 2. The number of thioether (sulfide) groups is 1. The van der Waals surface area contributed by atoms with Gasteiger partial charge >= 0.3 is 6.18 Å². The van der Waals surface area contributed by atoms with E-state index in [0.29, 0.717) is 5.56 Å². The lowest BCUT2D eigenvalue weighted by molar-refractivity contribution is -0.138. The fourth-order valence-corrected chi connectivity index (χ4v) is 3.54. The summed E-state index contributed by atoms with van der Waals surface area (Å²) in [6.07, 6.45) is -4.40. The van der Waals surface area contributed by atoms with Crippen molar-refractivity contribution in [2.75, 3.05) is 12.8 Å². The maximum absolute atomic E-state index is 12.6. The van der Waals surface area contributed by atoms with Gasteiger partial charge in [-0.15, -0.1) is 11.8 Å². The molecule has 4 nitrogen and oxygen atoms in total. The number of likely N-dealkylation sites (N-methyl/N-ethyl adjacent to an activating group) is 1. The van der Waals surface area contributed by atoms with E-state index < -0.39 is 23.2 Å². The fraction of sp³-hybridized carbons (Fsp3) is 0.429. The van der Waals surface area contributed by atoms with Crippen LogP contribution in [0.15, 0.2) is 24.3 Å². The van der Waals surface area contributed by atoms with Crippen molar-refractivity contribution >= 4 is 23.6 Å². The van der Waals surface area contributed by atoms with Crippen LogP contribution in [0.5, 0.6) is 0 Å². The quantitative estimate of drug-likeness (QED) is 0.925. The Morgan fingerprint density at radius 1 is 1.36 bits per heavy atom. The van der Waals surface area contributed by atoms with Gasteiger partial charge in [-0.05, 0) is 24.6 Å².